The summed E-state index contributed by atoms with van der Waals surface area (Å²) in [5.41, 5.74) is 3.02. The minimum Gasteiger partial charge on any atom is -0.370 e. The summed E-state index contributed by atoms with van der Waals surface area (Å²) in [6.07, 6.45) is 5.38. The van der Waals surface area contributed by atoms with Gasteiger partial charge in [0.05, 0.1) is 28.5 Å². The number of amides is 1. The van der Waals surface area contributed by atoms with Crippen molar-refractivity contribution in [2.45, 2.75) is 38.1 Å². The highest BCUT2D eigenvalue weighted by molar-refractivity contribution is 6.00. The van der Waals surface area contributed by atoms with Gasteiger partial charge in [-0.3, -0.25) is 4.79 Å². The number of aromatic amines is 2. The number of imidazole rings is 1. The molecule has 25 heavy (non-hydrogen) atoms. The molecule has 2 aromatic rings. The van der Waals surface area contributed by atoms with Gasteiger partial charge in [-0.05, 0) is 44.4 Å². The molecule has 2 aliphatic rings. The van der Waals surface area contributed by atoms with Gasteiger partial charge in [-0.2, -0.15) is 0 Å². The Hall–Kier alpha value is -1.99. The van der Waals surface area contributed by atoms with Gasteiger partial charge in [0.25, 0.3) is 0 Å². The number of fused-ring (bicyclic) bond motifs is 1. The second-order valence-electron chi connectivity index (χ2n) is 6.68. The third kappa shape index (κ3) is 3.67. The fraction of sp³-hybridized carbons (Fsp3) is 0.529. The van der Waals surface area contributed by atoms with Crippen LogP contribution in [0.1, 0.15) is 32.1 Å². The highest BCUT2D eigenvalue weighted by Crippen LogP contribution is 2.32. The van der Waals surface area contributed by atoms with Crippen LogP contribution in [0.5, 0.6) is 0 Å². The Morgan fingerprint density at radius 3 is 2.48 bits per heavy atom. The van der Waals surface area contributed by atoms with E-state index in [0.29, 0.717) is 0 Å². The molecule has 1 atom stereocenters. The number of rotatable bonds is 3. The zero-order chi connectivity index (χ0) is 16.5. The molecule has 4 N–H and O–H groups in total. The van der Waals surface area contributed by atoms with Gasteiger partial charge in [0.2, 0.25) is 5.91 Å². The smallest absolute Gasteiger partial charge is 0.323 e. The molecule has 2 aliphatic heterocycles. The molecule has 1 aromatic carbocycles. The van der Waals surface area contributed by atoms with Gasteiger partial charge in [-0.25, -0.2) is 4.79 Å². The van der Waals surface area contributed by atoms with Crippen molar-refractivity contribution in [1.82, 2.24) is 15.3 Å². The van der Waals surface area contributed by atoms with Crippen LogP contribution in [0.4, 0.5) is 11.4 Å². The molecule has 1 amide bonds. The van der Waals surface area contributed by atoms with Crippen LogP contribution in [0.15, 0.2) is 16.9 Å². The van der Waals surface area contributed by atoms with Gasteiger partial charge in [0.1, 0.15) is 0 Å². The predicted molar refractivity (Wildman–Crippen MR) is 102 cm³/mol. The number of hydrogen-bond donors (Lipinski definition) is 4. The normalized spacial score (nSPS) is 20.5. The molecule has 1 aromatic heterocycles. The van der Waals surface area contributed by atoms with E-state index >= 15 is 0 Å². The molecule has 0 radical (unpaired) electrons. The SMILES string of the molecule is Cl.O=C(Nc1cc2[nH]c(=O)[nH]c2cc1N1CCCC1)[C@H]1CCCCN1. The lowest BCUT2D eigenvalue weighted by Gasteiger charge is -2.25. The third-order valence-electron chi connectivity index (χ3n) is 4.96. The summed E-state index contributed by atoms with van der Waals surface area (Å²) in [5.74, 6) is 0.00683. The van der Waals surface area contributed by atoms with Crippen molar-refractivity contribution in [3.8, 4) is 0 Å². The number of nitrogens with zero attached hydrogens (tertiary/aromatic N) is 1. The molecule has 3 heterocycles. The average molecular weight is 366 g/mol. The number of benzene rings is 1. The third-order valence-corrected chi connectivity index (χ3v) is 4.96. The van der Waals surface area contributed by atoms with E-state index in [1.807, 2.05) is 12.1 Å². The summed E-state index contributed by atoms with van der Waals surface area (Å²) in [5, 5.41) is 6.36. The van der Waals surface area contributed by atoms with Crippen LogP contribution in [-0.2, 0) is 4.79 Å². The minimum absolute atomic E-state index is 0. The van der Waals surface area contributed by atoms with Crippen molar-refractivity contribution >= 4 is 40.7 Å². The van der Waals surface area contributed by atoms with Gasteiger partial charge >= 0.3 is 5.69 Å². The van der Waals surface area contributed by atoms with Crippen LogP contribution in [0, 0.1) is 0 Å². The quantitative estimate of drug-likeness (QED) is 0.669. The number of carbonyl (C=O) groups is 1. The fourth-order valence-corrected chi connectivity index (χ4v) is 3.69. The zero-order valence-electron chi connectivity index (χ0n) is 14.1. The van der Waals surface area contributed by atoms with Crippen molar-refractivity contribution < 1.29 is 4.79 Å². The van der Waals surface area contributed by atoms with Crippen LogP contribution < -0.4 is 21.2 Å². The number of nitrogens with one attached hydrogen (secondary N) is 4. The molecule has 0 saturated carbocycles. The molecule has 2 saturated heterocycles. The molecule has 4 rings (SSSR count). The molecule has 2 fully saturated rings. The Balaban J connectivity index is 0.00000182. The summed E-state index contributed by atoms with van der Waals surface area (Å²) < 4.78 is 0. The van der Waals surface area contributed by atoms with E-state index in [9.17, 15) is 9.59 Å². The highest BCUT2D eigenvalue weighted by atomic mass is 35.5. The molecule has 0 aliphatic carbocycles. The number of piperidine rings is 1. The lowest BCUT2D eigenvalue weighted by atomic mass is 10.0. The van der Waals surface area contributed by atoms with Gasteiger partial charge < -0.3 is 25.5 Å². The van der Waals surface area contributed by atoms with Gasteiger partial charge in [-0.1, -0.05) is 6.42 Å². The molecule has 0 spiro atoms. The Morgan fingerprint density at radius 1 is 1.08 bits per heavy atom. The maximum absolute atomic E-state index is 12.6. The van der Waals surface area contributed by atoms with Crippen molar-refractivity contribution in [2.75, 3.05) is 29.9 Å². The summed E-state index contributed by atoms with van der Waals surface area (Å²) in [4.78, 5) is 32.0. The lowest BCUT2D eigenvalue weighted by molar-refractivity contribution is -0.118. The zero-order valence-corrected chi connectivity index (χ0v) is 14.9. The number of anilines is 2. The predicted octanol–water partition coefficient (Wildman–Crippen LogP) is 1.96. The summed E-state index contributed by atoms with van der Waals surface area (Å²) in [7, 11) is 0. The topological polar surface area (TPSA) is 93.0 Å². The number of hydrogen-bond acceptors (Lipinski definition) is 4. The summed E-state index contributed by atoms with van der Waals surface area (Å²) >= 11 is 0. The van der Waals surface area contributed by atoms with Gasteiger partial charge in [-0.15, -0.1) is 12.4 Å². The average Bonchev–Trinajstić information content (AvgIpc) is 3.23. The van der Waals surface area contributed by atoms with Crippen LogP contribution in [0.2, 0.25) is 0 Å². The number of halogens is 1. The Bertz CT molecular complexity index is 803. The molecule has 0 unspecified atom stereocenters. The van der Waals surface area contributed by atoms with Crippen molar-refractivity contribution in [3.05, 3.63) is 22.6 Å². The largest absolute Gasteiger partial charge is 0.370 e. The molecule has 8 heteroatoms. The maximum Gasteiger partial charge on any atom is 0.323 e. The van der Waals surface area contributed by atoms with Gasteiger partial charge in [0.15, 0.2) is 0 Å². The second kappa shape index (κ2) is 7.49. The Labute approximate surface area is 152 Å². The van der Waals surface area contributed by atoms with E-state index in [4.69, 9.17) is 0 Å². The Kier molecular flexibility index (Phi) is 5.34. The number of carbonyl (C=O) groups excluding carboxylic acids is 1. The van der Waals surface area contributed by atoms with Gasteiger partial charge in [0, 0.05) is 13.1 Å². The summed E-state index contributed by atoms with van der Waals surface area (Å²) in [6.45, 7) is 2.84. The van der Waals surface area contributed by atoms with Crippen LogP contribution in [0.25, 0.3) is 11.0 Å². The van der Waals surface area contributed by atoms with E-state index < -0.39 is 0 Å². The van der Waals surface area contributed by atoms with E-state index in [1.54, 1.807) is 0 Å². The monoisotopic (exact) mass is 365 g/mol. The Morgan fingerprint density at radius 2 is 1.80 bits per heavy atom. The molecular formula is C17H24ClN5O2. The number of aromatic nitrogens is 2. The maximum atomic E-state index is 12.6. The van der Waals surface area contributed by atoms with Crippen molar-refractivity contribution in [3.63, 3.8) is 0 Å². The molecule has 136 valence electrons. The standard InChI is InChI=1S/C17H23N5O2.ClH/c23-16(11-5-1-2-6-18-11)19-14-9-12-13(21-17(24)20-12)10-15(14)22-7-3-4-8-22;/h9-11,18H,1-8H2,(H,19,23)(H2,20,21,24);1H/t11-;/m1./s1. The number of H-pyrrole nitrogens is 2. The molecular weight excluding hydrogens is 342 g/mol. The first-order valence-corrected chi connectivity index (χ1v) is 8.76. The first-order valence-electron chi connectivity index (χ1n) is 8.76. The van der Waals surface area contributed by atoms with Crippen LogP contribution >= 0.6 is 12.4 Å². The van der Waals surface area contributed by atoms with Crippen molar-refractivity contribution in [1.29, 1.82) is 0 Å². The molecule has 7 nitrogen and oxygen atoms in total. The van der Waals surface area contributed by atoms with E-state index in [2.05, 4.69) is 25.5 Å². The van der Waals surface area contributed by atoms with Crippen LogP contribution in [0.3, 0.4) is 0 Å². The highest BCUT2D eigenvalue weighted by Gasteiger charge is 2.23. The minimum atomic E-state index is -0.227. The first kappa shape index (κ1) is 17.8. The van der Waals surface area contributed by atoms with E-state index in [-0.39, 0.29) is 30.0 Å². The summed E-state index contributed by atoms with van der Waals surface area (Å²) in [6, 6.07) is 3.69. The van der Waals surface area contributed by atoms with Crippen molar-refractivity contribution in [2.24, 2.45) is 0 Å². The second-order valence-corrected chi connectivity index (χ2v) is 6.68. The molecule has 0 bridgehead atoms. The van der Waals surface area contributed by atoms with E-state index in [0.717, 1.165) is 74.1 Å². The lowest BCUT2D eigenvalue weighted by Crippen LogP contribution is -2.43. The van der Waals surface area contributed by atoms with Crippen LogP contribution in [-0.4, -0.2) is 41.6 Å². The van der Waals surface area contributed by atoms with E-state index in [1.165, 1.54) is 0 Å². The first-order chi connectivity index (χ1) is 11.7. The fourth-order valence-electron chi connectivity index (χ4n) is 3.69.